The largest absolute Gasteiger partial charge is 0.464 e. The minimum atomic E-state index is -0.832. The first-order valence-corrected chi connectivity index (χ1v) is 14.3. The Morgan fingerprint density at radius 3 is 2.33 bits per heavy atom. The lowest BCUT2D eigenvalue weighted by Gasteiger charge is -2.45. The number of likely N-dealkylation sites (tertiary alicyclic amines) is 1. The molecule has 1 aromatic heterocycles. The third kappa shape index (κ3) is 7.05. The third-order valence-corrected chi connectivity index (χ3v) is 6.95. The van der Waals surface area contributed by atoms with Crippen molar-refractivity contribution in [3.05, 3.63) is 70.4 Å². The van der Waals surface area contributed by atoms with Gasteiger partial charge < -0.3 is 13.9 Å². The third-order valence-electron chi connectivity index (χ3n) is 6.49. The molecule has 2 atom stereocenters. The quantitative estimate of drug-likeness (QED) is 0.301. The maximum atomic E-state index is 14.1. The molecule has 2 heterocycles. The van der Waals surface area contributed by atoms with E-state index in [9.17, 15) is 14.4 Å². The van der Waals surface area contributed by atoms with E-state index in [-0.39, 0.29) is 6.42 Å². The van der Waals surface area contributed by atoms with Crippen molar-refractivity contribution in [3.63, 3.8) is 0 Å². The number of amides is 3. The highest BCUT2D eigenvalue weighted by atomic mass is 79.9. The van der Waals surface area contributed by atoms with Crippen LogP contribution in [-0.4, -0.2) is 51.7 Å². The molecule has 1 aliphatic rings. The predicted octanol–water partition coefficient (Wildman–Crippen LogP) is 7.64. The monoisotopic (exact) mass is 612 g/mol. The Morgan fingerprint density at radius 2 is 1.68 bits per heavy atom. The van der Waals surface area contributed by atoms with Gasteiger partial charge in [-0.1, -0.05) is 46.3 Å². The van der Waals surface area contributed by atoms with Gasteiger partial charge >= 0.3 is 12.2 Å². The molecule has 0 radical (unpaired) electrons. The van der Waals surface area contributed by atoms with E-state index in [1.807, 2.05) is 69.3 Å². The smallest absolute Gasteiger partial charge is 0.417 e. The number of imide groups is 1. The molecule has 0 saturated carbocycles. The number of ether oxygens (including phenoxy) is 2. The average molecular weight is 614 g/mol. The number of rotatable bonds is 4. The molecular formula is C31H37BrN2O6. The number of benzene rings is 2. The number of carbonyl (C=O) groups excluding carboxylic acids is 3. The molecule has 3 aromatic rings. The van der Waals surface area contributed by atoms with Gasteiger partial charge in [-0.05, 0) is 78.1 Å². The maximum absolute atomic E-state index is 14.1. The lowest BCUT2D eigenvalue weighted by Crippen LogP contribution is -2.57. The minimum Gasteiger partial charge on any atom is -0.464 e. The molecular weight excluding hydrogens is 576 g/mol. The van der Waals surface area contributed by atoms with Gasteiger partial charge in [0.05, 0.1) is 24.8 Å². The maximum Gasteiger partial charge on any atom is 0.417 e. The SMILES string of the molecule is CC(C)(C)OC(=O)N1CCCC(N(C(=O)Cc2cc(Br)cc3ccoc23)C(=O)OC(C)(C)C)C1c1ccccc1. The van der Waals surface area contributed by atoms with E-state index in [4.69, 9.17) is 13.9 Å². The van der Waals surface area contributed by atoms with Crippen LogP contribution in [0.2, 0.25) is 0 Å². The number of piperidine rings is 1. The first-order valence-electron chi connectivity index (χ1n) is 13.5. The summed E-state index contributed by atoms with van der Waals surface area (Å²) in [5.41, 5.74) is 0.487. The Kier molecular flexibility index (Phi) is 8.63. The van der Waals surface area contributed by atoms with Crippen molar-refractivity contribution in [1.29, 1.82) is 0 Å². The number of hydrogen-bond acceptors (Lipinski definition) is 6. The molecule has 2 aromatic carbocycles. The summed E-state index contributed by atoms with van der Waals surface area (Å²) in [5.74, 6) is -0.443. The predicted molar refractivity (Wildman–Crippen MR) is 156 cm³/mol. The van der Waals surface area contributed by atoms with Crippen molar-refractivity contribution < 1.29 is 28.3 Å². The Hall–Kier alpha value is -3.33. The number of nitrogens with zero attached hydrogens (tertiary/aromatic N) is 2. The molecule has 1 aliphatic heterocycles. The van der Waals surface area contributed by atoms with Crippen LogP contribution in [0.1, 0.15) is 71.6 Å². The molecule has 0 bridgehead atoms. The Labute approximate surface area is 243 Å². The first kappa shape index (κ1) is 29.6. The van der Waals surface area contributed by atoms with Crippen LogP contribution < -0.4 is 0 Å². The van der Waals surface area contributed by atoms with Gasteiger partial charge in [0.2, 0.25) is 5.91 Å². The van der Waals surface area contributed by atoms with E-state index in [0.717, 1.165) is 15.4 Å². The molecule has 1 fully saturated rings. The zero-order chi connectivity index (χ0) is 29.2. The molecule has 9 heteroatoms. The Bertz CT molecular complexity index is 1370. The van der Waals surface area contributed by atoms with Crippen LogP contribution in [0.5, 0.6) is 0 Å². The number of carbonyl (C=O) groups is 3. The van der Waals surface area contributed by atoms with Gasteiger partial charge in [0.15, 0.2) is 0 Å². The van der Waals surface area contributed by atoms with Crippen LogP contribution in [0.4, 0.5) is 9.59 Å². The van der Waals surface area contributed by atoms with E-state index in [0.29, 0.717) is 30.5 Å². The van der Waals surface area contributed by atoms with E-state index < -0.39 is 41.4 Å². The van der Waals surface area contributed by atoms with E-state index in [1.54, 1.807) is 31.9 Å². The second-order valence-electron chi connectivity index (χ2n) is 12.1. The highest BCUT2D eigenvalue weighted by Crippen LogP contribution is 2.37. The summed E-state index contributed by atoms with van der Waals surface area (Å²) < 4.78 is 18.0. The fourth-order valence-electron chi connectivity index (χ4n) is 5.05. The summed E-state index contributed by atoms with van der Waals surface area (Å²) in [6.07, 6.45) is 1.32. The van der Waals surface area contributed by atoms with Crippen LogP contribution in [0, 0.1) is 0 Å². The van der Waals surface area contributed by atoms with Crippen molar-refractivity contribution in [2.45, 2.75) is 84.1 Å². The Balaban J connectivity index is 1.78. The van der Waals surface area contributed by atoms with E-state index in [1.165, 1.54) is 4.90 Å². The first-order chi connectivity index (χ1) is 18.7. The van der Waals surface area contributed by atoms with Crippen LogP contribution in [0.3, 0.4) is 0 Å². The number of halogens is 1. The average Bonchev–Trinajstić information content (AvgIpc) is 3.31. The number of furan rings is 1. The summed E-state index contributed by atoms with van der Waals surface area (Å²) in [5, 5.41) is 0.844. The number of hydrogen-bond donors (Lipinski definition) is 0. The van der Waals surface area contributed by atoms with Crippen LogP contribution in [0.25, 0.3) is 11.0 Å². The molecule has 4 rings (SSSR count). The van der Waals surface area contributed by atoms with Crippen molar-refractivity contribution in [2.75, 3.05) is 6.54 Å². The normalized spacial score (nSPS) is 17.9. The van der Waals surface area contributed by atoms with Gasteiger partial charge in [0.25, 0.3) is 0 Å². The number of fused-ring (bicyclic) bond motifs is 1. The molecule has 0 spiro atoms. The van der Waals surface area contributed by atoms with Crippen molar-refractivity contribution in [1.82, 2.24) is 9.80 Å². The standard InChI is InChI=1S/C31H37BrN2O6/c1-30(2,3)39-28(36)33-15-10-13-24(26(33)20-11-8-7-9-12-20)34(29(37)40-31(4,5)6)25(35)19-22-18-23(32)17-21-14-16-38-27(21)22/h7-9,11-12,14,16-18,24,26H,10,13,15,19H2,1-6H3. The summed E-state index contributed by atoms with van der Waals surface area (Å²) >= 11 is 3.51. The lowest BCUT2D eigenvalue weighted by atomic mass is 9.89. The molecule has 3 amide bonds. The van der Waals surface area contributed by atoms with Gasteiger partial charge in [0, 0.05) is 22.0 Å². The van der Waals surface area contributed by atoms with Crippen LogP contribution >= 0.6 is 15.9 Å². The highest BCUT2D eigenvalue weighted by molar-refractivity contribution is 9.10. The van der Waals surface area contributed by atoms with E-state index >= 15 is 0 Å². The molecule has 0 aliphatic carbocycles. The second kappa shape index (κ2) is 11.6. The summed E-state index contributed by atoms with van der Waals surface area (Å²) in [4.78, 5) is 44.2. The summed E-state index contributed by atoms with van der Waals surface area (Å²) in [6.45, 7) is 11.2. The highest BCUT2D eigenvalue weighted by Gasteiger charge is 2.45. The van der Waals surface area contributed by atoms with Crippen LogP contribution in [0.15, 0.2) is 63.7 Å². The lowest BCUT2D eigenvalue weighted by molar-refractivity contribution is -0.134. The molecule has 214 valence electrons. The molecule has 0 N–H and O–H groups in total. The van der Waals surface area contributed by atoms with Gasteiger partial charge in [-0.2, -0.15) is 0 Å². The van der Waals surface area contributed by atoms with Gasteiger partial charge in [-0.25, -0.2) is 14.5 Å². The van der Waals surface area contributed by atoms with Crippen molar-refractivity contribution in [2.24, 2.45) is 0 Å². The minimum absolute atomic E-state index is 0.0901. The van der Waals surface area contributed by atoms with Crippen LogP contribution in [-0.2, 0) is 20.7 Å². The zero-order valence-electron chi connectivity index (χ0n) is 23.9. The van der Waals surface area contributed by atoms with Gasteiger partial charge in [-0.3, -0.25) is 9.69 Å². The molecule has 1 saturated heterocycles. The molecule has 40 heavy (non-hydrogen) atoms. The van der Waals surface area contributed by atoms with Crippen molar-refractivity contribution in [3.8, 4) is 0 Å². The van der Waals surface area contributed by atoms with Gasteiger partial charge in [-0.15, -0.1) is 0 Å². The van der Waals surface area contributed by atoms with E-state index in [2.05, 4.69) is 15.9 Å². The second-order valence-corrected chi connectivity index (χ2v) is 13.0. The zero-order valence-corrected chi connectivity index (χ0v) is 25.5. The van der Waals surface area contributed by atoms with Crippen molar-refractivity contribution >= 4 is 45.0 Å². The fourth-order valence-corrected chi connectivity index (χ4v) is 5.58. The fraction of sp³-hybridized carbons (Fsp3) is 0.452. The summed E-state index contributed by atoms with van der Waals surface area (Å²) in [6, 6.07) is 13.7. The molecule has 8 nitrogen and oxygen atoms in total. The topological polar surface area (TPSA) is 89.3 Å². The Morgan fingerprint density at radius 1 is 1.00 bits per heavy atom. The molecule has 2 unspecified atom stereocenters. The summed E-state index contributed by atoms with van der Waals surface area (Å²) in [7, 11) is 0. The van der Waals surface area contributed by atoms with Gasteiger partial charge in [0.1, 0.15) is 16.8 Å².